The number of aliphatic hydroxyl groups excluding tert-OH is 1. The number of aliphatic hydroxyl groups is 1. The minimum absolute atomic E-state index is 0.276. The van der Waals surface area contributed by atoms with Gasteiger partial charge in [-0.05, 0) is 36.7 Å². The standard InChI is InChI=1S/C18H29NO/c1-14(2)17(12-13-20)19-18-11-7-6-10-16(18)15-8-4-3-5-9-15/h3-5,8-9,14,16-20H,6-7,10-13H2,1-2H3. The molecule has 0 aromatic heterocycles. The molecule has 3 unspecified atom stereocenters. The van der Waals surface area contributed by atoms with Gasteiger partial charge in [0.2, 0.25) is 0 Å². The minimum atomic E-state index is 0.276. The van der Waals surface area contributed by atoms with Crippen LogP contribution in [0.3, 0.4) is 0 Å². The van der Waals surface area contributed by atoms with Gasteiger partial charge in [-0.2, -0.15) is 0 Å². The predicted octanol–water partition coefficient (Wildman–Crippen LogP) is 3.71. The lowest BCUT2D eigenvalue weighted by atomic mass is 9.79. The van der Waals surface area contributed by atoms with Gasteiger partial charge in [-0.3, -0.25) is 0 Å². The van der Waals surface area contributed by atoms with Gasteiger partial charge in [0, 0.05) is 18.7 Å². The Labute approximate surface area is 123 Å². The zero-order valence-electron chi connectivity index (χ0n) is 12.9. The Morgan fingerprint density at radius 1 is 1.15 bits per heavy atom. The maximum Gasteiger partial charge on any atom is 0.0445 e. The highest BCUT2D eigenvalue weighted by Gasteiger charge is 2.28. The van der Waals surface area contributed by atoms with Gasteiger partial charge in [0.25, 0.3) is 0 Å². The van der Waals surface area contributed by atoms with Crippen LogP contribution < -0.4 is 5.32 Å². The van der Waals surface area contributed by atoms with Gasteiger partial charge in [0.15, 0.2) is 0 Å². The van der Waals surface area contributed by atoms with Crippen LogP contribution in [0.15, 0.2) is 30.3 Å². The predicted molar refractivity (Wildman–Crippen MR) is 84.9 cm³/mol. The summed E-state index contributed by atoms with van der Waals surface area (Å²) in [7, 11) is 0. The van der Waals surface area contributed by atoms with Crippen LogP contribution in [-0.4, -0.2) is 23.8 Å². The Bertz CT molecular complexity index is 376. The lowest BCUT2D eigenvalue weighted by molar-refractivity contribution is 0.214. The molecule has 0 saturated heterocycles. The maximum atomic E-state index is 9.26. The van der Waals surface area contributed by atoms with Gasteiger partial charge in [0.1, 0.15) is 0 Å². The van der Waals surface area contributed by atoms with Crippen molar-refractivity contribution in [3.63, 3.8) is 0 Å². The van der Waals surface area contributed by atoms with Crippen LogP contribution in [0.5, 0.6) is 0 Å². The Balaban J connectivity index is 2.06. The van der Waals surface area contributed by atoms with Gasteiger partial charge in [-0.15, -0.1) is 0 Å². The quantitative estimate of drug-likeness (QED) is 0.829. The van der Waals surface area contributed by atoms with E-state index in [-0.39, 0.29) is 6.61 Å². The Morgan fingerprint density at radius 2 is 1.85 bits per heavy atom. The normalized spacial score (nSPS) is 24.8. The average molecular weight is 275 g/mol. The van der Waals surface area contributed by atoms with Crippen LogP contribution >= 0.6 is 0 Å². The number of hydrogen-bond acceptors (Lipinski definition) is 2. The fourth-order valence-corrected chi connectivity index (χ4v) is 3.45. The second-order valence-corrected chi connectivity index (χ2v) is 6.44. The number of rotatable bonds is 6. The SMILES string of the molecule is CC(C)C(CCO)NC1CCCCC1c1ccccc1. The van der Waals surface area contributed by atoms with E-state index in [1.54, 1.807) is 0 Å². The molecule has 0 heterocycles. The third kappa shape index (κ3) is 4.07. The van der Waals surface area contributed by atoms with Crippen LogP contribution in [-0.2, 0) is 0 Å². The first-order chi connectivity index (χ1) is 9.72. The highest BCUT2D eigenvalue weighted by atomic mass is 16.3. The second-order valence-electron chi connectivity index (χ2n) is 6.44. The van der Waals surface area contributed by atoms with Crippen LogP contribution in [0.25, 0.3) is 0 Å². The Hall–Kier alpha value is -0.860. The molecule has 3 atom stereocenters. The van der Waals surface area contributed by atoms with Crippen molar-refractivity contribution in [1.82, 2.24) is 5.32 Å². The minimum Gasteiger partial charge on any atom is -0.396 e. The fourth-order valence-electron chi connectivity index (χ4n) is 3.45. The molecule has 2 N–H and O–H groups in total. The van der Waals surface area contributed by atoms with Gasteiger partial charge in [0.05, 0.1) is 0 Å². The molecule has 2 nitrogen and oxygen atoms in total. The van der Waals surface area contributed by atoms with E-state index in [4.69, 9.17) is 0 Å². The smallest absolute Gasteiger partial charge is 0.0445 e. The molecule has 0 amide bonds. The molecule has 0 bridgehead atoms. The monoisotopic (exact) mass is 275 g/mol. The summed E-state index contributed by atoms with van der Waals surface area (Å²) >= 11 is 0. The highest BCUT2D eigenvalue weighted by Crippen LogP contribution is 2.33. The molecular weight excluding hydrogens is 246 g/mol. The molecule has 1 aromatic rings. The molecule has 1 aliphatic rings. The summed E-state index contributed by atoms with van der Waals surface area (Å²) < 4.78 is 0. The zero-order chi connectivity index (χ0) is 14.4. The summed E-state index contributed by atoms with van der Waals surface area (Å²) in [4.78, 5) is 0. The van der Waals surface area contributed by atoms with E-state index < -0.39 is 0 Å². The van der Waals surface area contributed by atoms with Crippen LogP contribution in [0.1, 0.15) is 57.4 Å². The number of benzene rings is 1. The summed E-state index contributed by atoms with van der Waals surface area (Å²) in [5.74, 6) is 1.20. The molecule has 2 rings (SSSR count). The first-order valence-corrected chi connectivity index (χ1v) is 8.14. The summed E-state index contributed by atoms with van der Waals surface area (Å²) in [5.41, 5.74) is 1.47. The van der Waals surface area contributed by atoms with Gasteiger partial charge < -0.3 is 10.4 Å². The van der Waals surface area contributed by atoms with Crippen molar-refractivity contribution in [2.75, 3.05) is 6.61 Å². The lowest BCUT2D eigenvalue weighted by Crippen LogP contribution is -2.46. The topological polar surface area (TPSA) is 32.3 Å². The summed E-state index contributed by atoms with van der Waals surface area (Å²) in [6.07, 6.45) is 6.06. The van der Waals surface area contributed by atoms with Gasteiger partial charge in [-0.1, -0.05) is 57.0 Å². The Morgan fingerprint density at radius 3 is 2.50 bits per heavy atom. The van der Waals surface area contributed by atoms with Crippen molar-refractivity contribution in [3.05, 3.63) is 35.9 Å². The molecule has 1 fully saturated rings. The average Bonchev–Trinajstić information content (AvgIpc) is 2.48. The Kier molecular flexibility index (Phi) is 6.06. The van der Waals surface area contributed by atoms with Crippen LogP contribution in [0.4, 0.5) is 0 Å². The summed E-state index contributed by atoms with van der Waals surface area (Å²) in [6.45, 7) is 4.76. The molecule has 0 spiro atoms. The van der Waals surface area contributed by atoms with E-state index in [9.17, 15) is 5.11 Å². The lowest BCUT2D eigenvalue weighted by Gasteiger charge is -2.37. The van der Waals surface area contributed by atoms with Crippen molar-refractivity contribution in [1.29, 1.82) is 0 Å². The van der Waals surface area contributed by atoms with Crippen molar-refractivity contribution in [2.45, 2.75) is 64.0 Å². The van der Waals surface area contributed by atoms with Gasteiger partial charge >= 0.3 is 0 Å². The van der Waals surface area contributed by atoms with Crippen molar-refractivity contribution in [3.8, 4) is 0 Å². The van der Waals surface area contributed by atoms with E-state index in [1.807, 2.05) is 0 Å². The van der Waals surface area contributed by atoms with E-state index >= 15 is 0 Å². The third-order valence-corrected chi connectivity index (χ3v) is 4.67. The third-order valence-electron chi connectivity index (χ3n) is 4.67. The number of hydrogen-bond donors (Lipinski definition) is 2. The molecular formula is C18H29NO. The fraction of sp³-hybridized carbons (Fsp3) is 0.667. The van der Waals surface area contributed by atoms with E-state index in [0.717, 1.165) is 6.42 Å². The van der Waals surface area contributed by atoms with Crippen LogP contribution in [0, 0.1) is 5.92 Å². The van der Waals surface area contributed by atoms with Crippen molar-refractivity contribution in [2.24, 2.45) is 5.92 Å². The van der Waals surface area contributed by atoms with Crippen LogP contribution in [0.2, 0.25) is 0 Å². The van der Waals surface area contributed by atoms with Gasteiger partial charge in [-0.25, -0.2) is 0 Å². The first-order valence-electron chi connectivity index (χ1n) is 8.14. The molecule has 112 valence electrons. The summed E-state index contributed by atoms with van der Waals surface area (Å²) in [5, 5.41) is 13.1. The second kappa shape index (κ2) is 7.80. The van der Waals surface area contributed by atoms with Crippen molar-refractivity contribution < 1.29 is 5.11 Å². The zero-order valence-corrected chi connectivity index (χ0v) is 12.9. The molecule has 2 heteroatoms. The highest BCUT2D eigenvalue weighted by molar-refractivity contribution is 5.22. The molecule has 20 heavy (non-hydrogen) atoms. The molecule has 1 saturated carbocycles. The maximum absolute atomic E-state index is 9.26. The molecule has 0 radical (unpaired) electrons. The number of nitrogens with one attached hydrogen (secondary N) is 1. The molecule has 1 aromatic carbocycles. The largest absolute Gasteiger partial charge is 0.396 e. The molecule has 0 aliphatic heterocycles. The van der Waals surface area contributed by atoms with E-state index in [1.165, 1.54) is 31.2 Å². The first kappa shape index (κ1) is 15.5. The van der Waals surface area contributed by atoms with Crippen molar-refractivity contribution >= 4 is 0 Å². The molecule has 1 aliphatic carbocycles. The van der Waals surface area contributed by atoms with E-state index in [2.05, 4.69) is 49.5 Å². The van der Waals surface area contributed by atoms with E-state index in [0.29, 0.717) is 23.9 Å². The summed E-state index contributed by atoms with van der Waals surface area (Å²) in [6, 6.07) is 11.9.